The smallest absolute Gasteiger partial charge is 0.188 e. The lowest BCUT2D eigenvalue weighted by Crippen LogP contribution is -2.41. The normalized spacial score (nSPS) is 14.0. The molecule has 2 rings (SSSR count). The van der Waals surface area contributed by atoms with E-state index in [0.29, 0.717) is 17.2 Å². The second-order valence-corrected chi connectivity index (χ2v) is 7.92. The molecule has 0 saturated carbocycles. The Kier molecular flexibility index (Phi) is 7.27. The van der Waals surface area contributed by atoms with Crippen LogP contribution in [0, 0.1) is 11.3 Å². The van der Waals surface area contributed by atoms with E-state index in [1.165, 1.54) is 17.3 Å². The van der Waals surface area contributed by atoms with E-state index < -0.39 is 17.4 Å². The lowest BCUT2D eigenvalue weighted by molar-refractivity contribution is -0.133. The average molecular weight is 392 g/mol. The number of carbonyl (C=O) groups is 2. The lowest BCUT2D eigenvalue weighted by atomic mass is 9.78. The van der Waals surface area contributed by atoms with Gasteiger partial charge >= 0.3 is 0 Å². The number of hydrogen-bond acceptors (Lipinski definition) is 5. The van der Waals surface area contributed by atoms with Crippen LogP contribution in [0.15, 0.2) is 36.9 Å². The van der Waals surface area contributed by atoms with Gasteiger partial charge in [0.1, 0.15) is 24.5 Å². The molecule has 0 amide bonds. The molecule has 2 aromatic rings. The fourth-order valence-corrected chi connectivity index (χ4v) is 2.98. The standard InChI is InChI=1S/C20H26ClN3O3/c1-5-10-27-11-16(19(26)20(2,3)4)17(24-13-22-12-23-24)18(25)14-6-8-15(21)9-7-14/h6-9,12-13,16-17H,5,10-11H2,1-4H3. The summed E-state index contributed by atoms with van der Waals surface area (Å²) in [6.45, 7) is 8.18. The molecule has 7 heteroatoms. The summed E-state index contributed by atoms with van der Waals surface area (Å²) >= 11 is 5.94. The van der Waals surface area contributed by atoms with E-state index in [0.717, 1.165) is 6.42 Å². The maximum atomic E-state index is 13.3. The molecule has 27 heavy (non-hydrogen) atoms. The minimum atomic E-state index is -0.836. The number of benzene rings is 1. The van der Waals surface area contributed by atoms with Gasteiger partial charge in [0.25, 0.3) is 0 Å². The molecule has 0 saturated heterocycles. The Bertz CT molecular complexity index is 752. The van der Waals surface area contributed by atoms with Crippen LogP contribution in [0.5, 0.6) is 0 Å². The summed E-state index contributed by atoms with van der Waals surface area (Å²) in [5, 5.41) is 4.68. The third-order valence-electron chi connectivity index (χ3n) is 4.22. The van der Waals surface area contributed by atoms with E-state index in [9.17, 15) is 9.59 Å². The summed E-state index contributed by atoms with van der Waals surface area (Å²) in [5.41, 5.74) is -0.165. The fourth-order valence-electron chi connectivity index (χ4n) is 2.85. The molecule has 2 atom stereocenters. The van der Waals surface area contributed by atoms with Gasteiger partial charge in [-0.1, -0.05) is 39.3 Å². The highest BCUT2D eigenvalue weighted by Gasteiger charge is 2.40. The second kappa shape index (κ2) is 9.24. The first kappa shape index (κ1) is 21.3. The van der Waals surface area contributed by atoms with Crippen LogP contribution in [0.4, 0.5) is 0 Å². The highest BCUT2D eigenvalue weighted by atomic mass is 35.5. The highest BCUT2D eigenvalue weighted by Crippen LogP contribution is 2.31. The quantitative estimate of drug-likeness (QED) is 0.477. The number of aromatic nitrogens is 3. The zero-order valence-electron chi connectivity index (χ0n) is 16.2. The van der Waals surface area contributed by atoms with Gasteiger partial charge in [0, 0.05) is 22.6 Å². The Morgan fingerprint density at radius 1 is 1.22 bits per heavy atom. The van der Waals surface area contributed by atoms with Gasteiger partial charge in [0.15, 0.2) is 5.78 Å². The number of rotatable bonds is 9. The molecule has 0 bridgehead atoms. The number of Topliss-reactive ketones (excluding diaryl/α,β-unsaturated/α-hetero) is 2. The van der Waals surface area contributed by atoms with Gasteiger partial charge in [-0.25, -0.2) is 9.67 Å². The number of ether oxygens (including phenoxy) is 1. The van der Waals surface area contributed by atoms with Crippen LogP contribution in [-0.2, 0) is 9.53 Å². The minimum Gasteiger partial charge on any atom is -0.381 e. The van der Waals surface area contributed by atoms with Crippen molar-refractivity contribution in [3.8, 4) is 0 Å². The Morgan fingerprint density at radius 2 is 1.89 bits per heavy atom. The third kappa shape index (κ3) is 5.47. The van der Waals surface area contributed by atoms with Crippen LogP contribution >= 0.6 is 11.6 Å². The molecule has 0 aliphatic heterocycles. The Balaban J connectivity index is 2.45. The van der Waals surface area contributed by atoms with Gasteiger partial charge < -0.3 is 4.74 Å². The topological polar surface area (TPSA) is 74.1 Å². The molecule has 0 radical (unpaired) electrons. The summed E-state index contributed by atoms with van der Waals surface area (Å²) in [6, 6.07) is 5.78. The van der Waals surface area contributed by atoms with Crippen molar-refractivity contribution in [2.45, 2.75) is 40.2 Å². The molecule has 0 spiro atoms. The molecule has 0 aliphatic carbocycles. The summed E-state index contributed by atoms with van der Waals surface area (Å²) < 4.78 is 7.13. The van der Waals surface area contributed by atoms with Crippen LogP contribution in [0.2, 0.25) is 5.02 Å². The second-order valence-electron chi connectivity index (χ2n) is 7.49. The minimum absolute atomic E-state index is 0.0542. The van der Waals surface area contributed by atoms with Crippen molar-refractivity contribution in [1.82, 2.24) is 14.8 Å². The number of nitrogens with zero attached hydrogens (tertiary/aromatic N) is 3. The van der Waals surface area contributed by atoms with E-state index in [4.69, 9.17) is 16.3 Å². The van der Waals surface area contributed by atoms with Crippen LogP contribution in [0.25, 0.3) is 0 Å². The fraction of sp³-hybridized carbons (Fsp3) is 0.500. The van der Waals surface area contributed by atoms with E-state index >= 15 is 0 Å². The van der Waals surface area contributed by atoms with E-state index in [2.05, 4.69) is 10.1 Å². The maximum Gasteiger partial charge on any atom is 0.188 e. The van der Waals surface area contributed by atoms with Crippen LogP contribution < -0.4 is 0 Å². The Labute approximate surface area is 164 Å². The van der Waals surface area contributed by atoms with Crippen molar-refractivity contribution in [2.75, 3.05) is 13.2 Å². The first-order valence-electron chi connectivity index (χ1n) is 9.01. The van der Waals surface area contributed by atoms with E-state index in [1.54, 1.807) is 24.3 Å². The number of ketones is 2. The third-order valence-corrected chi connectivity index (χ3v) is 4.47. The summed E-state index contributed by atoms with van der Waals surface area (Å²) in [7, 11) is 0. The van der Waals surface area contributed by atoms with E-state index in [1.807, 2.05) is 27.7 Å². The number of carbonyl (C=O) groups excluding carboxylic acids is 2. The van der Waals surface area contributed by atoms with Gasteiger partial charge in [-0.2, -0.15) is 5.10 Å². The number of hydrogen-bond donors (Lipinski definition) is 0. The van der Waals surface area contributed by atoms with Gasteiger partial charge in [-0.3, -0.25) is 9.59 Å². The van der Waals surface area contributed by atoms with Crippen molar-refractivity contribution in [3.05, 3.63) is 47.5 Å². The maximum absolute atomic E-state index is 13.3. The van der Waals surface area contributed by atoms with Crippen molar-refractivity contribution in [3.63, 3.8) is 0 Å². The SMILES string of the molecule is CCCOCC(C(=O)C(C)(C)C)C(C(=O)c1ccc(Cl)cc1)n1cncn1. The molecule has 2 unspecified atom stereocenters. The molecule has 1 aromatic carbocycles. The van der Waals surface area contributed by atoms with Crippen LogP contribution in [-0.4, -0.2) is 39.5 Å². The summed E-state index contributed by atoms with van der Waals surface area (Å²) in [4.78, 5) is 30.5. The first-order valence-corrected chi connectivity index (χ1v) is 9.39. The molecule has 0 aliphatic rings. The highest BCUT2D eigenvalue weighted by molar-refractivity contribution is 6.30. The first-order chi connectivity index (χ1) is 12.8. The average Bonchev–Trinajstić information content (AvgIpc) is 3.14. The molecule has 1 heterocycles. The lowest BCUT2D eigenvalue weighted by Gasteiger charge is -2.30. The van der Waals surface area contributed by atoms with Crippen molar-refractivity contribution < 1.29 is 14.3 Å². The number of halogens is 1. The van der Waals surface area contributed by atoms with Crippen LogP contribution in [0.3, 0.4) is 0 Å². The Morgan fingerprint density at radius 3 is 2.41 bits per heavy atom. The van der Waals surface area contributed by atoms with Gasteiger partial charge in [0.2, 0.25) is 0 Å². The monoisotopic (exact) mass is 391 g/mol. The zero-order valence-corrected chi connectivity index (χ0v) is 16.9. The van der Waals surface area contributed by atoms with Gasteiger partial charge in [-0.05, 0) is 30.7 Å². The molecule has 146 valence electrons. The Hall–Kier alpha value is -2.05. The van der Waals surface area contributed by atoms with Crippen molar-refractivity contribution in [2.24, 2.45) is 11.3 Å². The molecular formula is C20H26ClN3O3. The molecule has 6 nitrogen and oxygen atoms in total. The molecule has 1 aromatic heterocycles. The predicted molar refractivity (Wildman–Crippen MR) is 104 cm³/mol. The van der Waals surface area contributed by atoms with Gasteiger partial charge in [-0.15, -0.1) is 0 Å². The van der Waals surface area contributed by atoms with Crippen molar-refractivity contribution in [1.29, 1.82) is 0 Å². The summed E-state index contributed by atoms with van der Waals surface area (Å²) in [5.74, 6) is -0.956. The largest absolute Gasteiger partial charge is 0.381 e. The molecular weight excluding hydrogens is 366 g/mol. The zero-order chi connectivity index (χ0) is 20.0. The van der Waals surface area contributed by atoms with E-state index in [-0.39, 0.29) is 18.2 Å². The van der Waals surface area contributed by atoms with Crippen LogP contribution in [0.1, 0.15) is 50.5 Å². The molecule has 0 N–H and O–H groups in total. The van der Waals surface area contributed by atoms with Gasteiger partial charge in [0.05, 0.1) is 12.5 Å². The predicted octanol–water partition coefficient (Wildman–Crippen LogP) is 4.01. The molecule has 0 fully saturated rings. The van der Waals surface area contributed by atoms with Crippen molar-refractivity contribution >= 4 is 23.2 Å². The summed E-state index contributed by atoms with van der Waals surface area (Å²) in [6.07, 6.45) is 3.64.